The molecular weight excluding hydrogens is 270 g/mol. The van der Waals surface area contributed by atoms with Crippen molar-refractivity contribution in [3.05, 3.63) is 12.1 Å². The zero-order valence-corrected chi connectivity index (χ0v) is 12.8. The maximum absolute atomic E-state index is 11.5. The summed E-state index contributed by atoms with van der Waals surface area (Å²) in [5, 5.41) is 2.82. The molecule has 1 atom stereocenters. The van der Waals surface area contributed by atoms with Crippen LogP contribution in [0.5, 0.6) is 5.75 Å². The first kappa shape index (κ1) is 15.4. The quantitative estimate of drug-likeness (QED) is 0.783. The van der Waals surface area contributed by atoms with Crippen molar-refractivity contribution in [2.24, 2.45) is 0 Å². The number of amides is 1. The largest absolute Gasteiger partial charge is 0.482 e. The number of fused-ring (bicyclic) bond motifs is 1. The van der Waals surface area contributed by atoms with E-state index in [1.165, 1.54) is 0 Å². The average molecular weight is 293 g/mol. The first-order chi connectivity index (χ1) is 10.1. The predicted octanol–water partition coefficient (Wildman–Crippen LogP) is 1.85. The monoisotopic (exact) mass is 293 g/mol. The molecule has 0 radical (unpaired) electrons. The van der Waals surface area contributed by atoms with Crippen molar-refractivity contribution in [3.63, 3.8) is 0 Å². The molecule has 21 heavy (non-hydrogen) atoms. The minimum absolute atomic E-state index is 0.0323. The number of carbonyl (C=O) groups excluding carboxylic acids is 1. The fourth-order valence-electron chi connectivity index (χ4n) is 2.37. The van der Waals surface area contributed by atoms with Crippen LogP contribution in [0.3, 0.4) is 0 Å². The Kier molecular flexibility index (Phi) is 4.90. The molecule has 1 aromatic rings. The number of methoxy groups -OCH3 is 1. The third kappa shape index (κ3) is 3.39. The molecule has 6 nitrogen and oxygen atoms in total. The Bertz CT molecular complexity index is 519. The lowest BCUT2D eigenvalue weighted by molar-refractivity contribution is -0.118. The molecule has 0 aromatic heterocycles. The van der Waals surface area contributed by atoms with Gasteiger partial charge in [0, 0.05) is 25.8 Å². The lowest BCUT2D eigenvalue weighted by atomic mass is 10.1. The molecule has 0 spiro atoms. The fourth-order valence-corrected chi connectivity index (χ4v) is 2.37. The van der Waals surface area contributed by atoms with Crippen LogP contribution in [0.25, 0.3) is 0 Å². The summed E-state index contributed by atoms with van der Waals surface area (Å²) in [6.45, 7) is 5.66. The lowest BCUT2D eigenvalue weighted by Gasteiger charge is -2.32. The lowest BCUT2D eigenvalue weighted by Crippen LogP contribution is -2.36. The third-order valence-corrected chi connectivity index (χ3v) is 3.73. The molecule has 1 aromatic carbocycles. The summed E-state index contributed by atoms with van der Waals surface area (Å²) >= 11 is 0. The summed E-state index contributed by atoms with van der Waals surface area (Å²) in [5.41, 5.74) is 8.37. The topological polar surface area (TPSA) is 76.8 Å². The standard InChI is InChI=1S/C15H23N3O3/c1-4-10(2)18(5-6-20-3)13-8-12-14(7-11(13)16)21-9-15(19)17-12/h7-8,10H,4-6,9,16H2,1-3H3,(H,17,19). The van der Waals surface area contributed by atoms with E-state index >= 15 is 0 Å². The molecule has 1 aliphatic heterocycles. The van der Waals surface area contributed by atoms with E-state index in [0.717, 1.165) is 18.7 Å². The van der Waals surface area contributed by atoms with Crippen molar-refractivity contribution in [1.82, 2.24) is 0 Å². The summed E-state index contributed by atoms with van der Waals surface area (Å²) in [4.78, 5) is 13.6. The number of nitrogen functional groups attached to an aromatic ring is 1. The molecule has 116 valence electrons. The summed E-state index contributed by atoms with van der Waals surface area (Å²) in [6, 6.07) is 3.97. The zero-order valence-electron chi connectivity index (χ0n) is 12.8. The van der Waals surface area contributed by atoms with Gasteiger partial charge in [-0.25, -0.2) is 0 Å². The Morgan fingerprint density at radius 1 is 1.52 bits per heavy atom. The number of hydrogen-bond acceptors (Lipinski definition) is 5. The smallest absolute Gasteiger partial charge is 0.262 e. The fraction of sp³-hybridized carbons (Fsp3) is 0.533. The molecule has 0 bridgehead atoms. The highest BCUT2D eigenvalue weighted by Crippen LogP contribution is 2.37. The van der Waals surface area contributed by atoms with Crippen molar-refractivity contribution in [1.29, 1.82) is 0 Å². The van der Waals surface area contributed by atoms with E-state index in [9.17, 15) is 4.79 Å². The van der Waals surface area contributed by atoms with Gasteiger partial charge in [-0.1, -0.05) is 6.92 Å². The number of nitrogens with two attached hydrogens (primary N) is 1. The molecular formula is C15H23N3O3. The van der Waals surface area contributed by atoms with Crippen molar-refractivity contribution >= 4 is 23.0 Å². The summed E-state index contributed by atoms with van der Waals surface area (Å²) < 4.78 is 10.6. The summed E-state index contributed by atoms with van der Waals surface area (Å²) in [6.07, 6.45) is 0.989. The van der Waals surface area contributed by atoms with E-state index in [0.29, 0.717) is 29.8 Å². The SMILES string of the molecule is CCC(C)N(CCOC)c1cc2c(cc1N)OCC(=O)N2. The summed E-state index contributed by atoms with van der Waals surface area (Å²) in [5.74, 6) is 0.469. The molecule has 1 unspecified atom stereocenters. The maximum Gasteiger partial charge on any atom is 0.262 e. The van der Waals surface area contributed by atoms with Crippen LogP contribution in [0, 0.1) is 0 Å². The molecule has 0 aliphatic carbocycles. The highest BCUT2D eigenvalue weighted by Gasteiger charge is 2.22. The van der Waals surface area contributed by atoms with Crippen molar-refractivity contribution in [2.45, 2.75) is 26.3 Å². The van der Waals surface area contributed by atoms with Crippen LogP contribution in [0.1, 0.15) is 20.3 Å². The molecule has 1 heterocycles. The Morgan fingerprint density at radius 2 is 2.29 bits per heavy atom. The van der Waals surface area contributed by atoms with Crippen molar-refractivity contribution < 1.29 is 14.3 Å². The molecule has 0 fully saturated rings. The zero-order chi connectivity index (χ0) is 15.4. The molecule has 0 saturated carbocycles. The highest BCUT2D eigenvalue weighted by atomic mass is 16.5. The van der Waals surface area contributed by atoms with Crippen LogP contribution >= 0.6 is 0 Å². The first-order valence-electron chi connectivity index (χ1n) is 7.18. The molecule has 0 saturated heterocycles. The van der Waals surface area contributed by atoms with Crippen molar-refractivity contribution in [3.8, 4) is 5.75 Å². The summed E-state index contributed by atoms with van der Waals surface area (Å²) in [7, 11) is 1.68. The van der Waals surface area contributed by atoms with Gasteiger partial charge in [-0.2, -0.15) is 0 Å². The van der Waals surface area contributed by atoms with Gasteiger partial charge < -0.3 is 25.4 Å². The second kappa shape index (κ2) is 6.67. The Morgan fingerprint density at radius 3 is 2.95 bits per heavy atom. The Hall–Kier alpha value is -1.95. The van der Waals surface area contributed by atoms with E-state index in [1.807, 2.05) is 6.07 Å². The number of anilines is 3. The van der Waals surface area contributed by atoms with Gasteiger partial charge in [0.1, 0.15) is 5.75 Å². The minimum atomic E-state index is -0.148. The second-order valence-corrected chi connectivity index (χ2v) is 5.19. The van der Waals surface area contributed by atoms with E-state index in [4.69, 9.17) is 15.2 Å². The van der Waals surface area contributed by atoms with Crippen molar-refractivity contribution in [2.75, 3.05) is 42.8 Å². The molecule has 6 heteroatoms. The molecule has 1 amide bonds. The number of hydrogen-bond donors (Lipinski definition) is 2. The molecule has 2 rings (SSSR count). The molecule has 3 N–H and O–H groups in total. The average Bonchev–Trinajstić information content (AvgIpc) is 2.48. The minimum Gasteiger partial charge on any atom is -0.482 e. The number of ether oxygens (including phenoxy) is 2. The number of nitrogens with zero attached hydrogens (tertiary/aromatic N) is 1. The van der Waals surface area contributed by atoms with Crippen LogP contribution < -0.4 is 20.7 Å². The van der Waals surface area contributed by atoms with Crippen LogP contribution in [-0.4, -0.2) is 38.8 Å². The van der Waals surface area contributed by atoms with E-state index < -0.39 is 0 Å². The number of carbonyl (C=O) groups is 1. The maximum atomic E-state index is 11.5. The highest BCUT2D eigenvalue weighted by molar-refractivity contribution is 5.97. The second-order valence-electron chi connectivity index (χ2n) is 5.19. The Labute approximate surface area is 125 Å². The van der Waals surface area contributed by atoms with Crippen LogP contribution in [0.15, 0.2) is 12.1 Å². The van der Waals surface area contributed by atoms with Gasteiger partial charge in [0.2, 0.25) is 0 Å². The van der Waals surface area contributed by atoms with Crippen LogP contribution in [-0.2, 0) is 9.53 Å². The van der Waals surface area contributed by atoms with Gasteiger partial charge in [0.15, 0.2) is 6.61 Å². The Balaban J connectivity index is 2.35. The third-order valence-electron chi connectivity index (χ3n) is 3.73. The van der Waals surface area contributed by atoms with Crippen LogP contribution in [0.4, 0.5) is 17.1 Å². The van der Waals surface area contributed by atoms with Gasteiger partial charge in [0.05, 0.1) is 23.7 Å². The number of rotatable bonds is 6. The van der Waals surface area contributed by atoms with Gasteiger partial charge in [-0.3, -0.25) is 4.79 Å². The number of nitrogens with one attached hydrogen (secondary N) is 1. The first-order valence-corrected chi connectivity index (χ1v) is 7.18. The van der Waals surface area contributed by atoms with E-state index in [-0.39, 0.29) is 12.5 Å². The van der Waals surface area contributed by atoms with Crippen LogP contribution in [0.2, 0.25) is 0 Å². The predicted molar refractivity (Wildman–Crippen MR) is 84.0 cm³/mol. The molecule has 1 aliphatic rings. The van der Waals surface area contributed by atoms with Gasteiger partial charge >= 0.3 is 0 Å². The van der Waals surface area contributed by atoms with E-state index in [1.54, 1.807) is 13.2 Å². The van der Waals surface area contributed by atoms with Gasteiger partial charge in [-0.05, 0) is 19.4 Å². The van der Waals surface area contributed by atoms with Gasteiger partial charge in [-0.15, -0.1) is 0 Å². The van der Waals surface area contributed by atoms with Gasteiger partial charge in [0.25, 0.3) is 5.91 Å². The van der Waals surface area contributed by atoms with E-state index in [2.05, 4.69) is 24.1 Å². The normalized spacial score (nSPS) is 14.9. The number of benzene rings is 1.